The Hall–Kier alpha value is -2.15. The van der Waals surface area contributed by atoms with Gasteiger partial charge in [-0.1, -0.05) is 37.8 Å². The van der Waals surface area contributed by atoms with Crippen molar-refractivity contribution in [2.45, 2.75) is 40.2 Å². The van der Waals surface area contributed by atoms with Crippen LogP contribution in [0.15, 0.2) is 9.70 Å². The summed E-state index contributed by atoms with van der Waals surface area (Å²) >= 11 is 6.71. The fraction of sp³-hybridized carbons (Fsp3) is 0.545. The van der Waals surface area contributed by atoms with Crippen LogP contribution in [-0.2, 0) is 11.3 Å². The van der Waals surface area contributed by atoms with Crippen molar-refractivity contribution in [3.8, 4) is 6.07 Å². The van der Waals surface area contributed by atoms with E-state index in [1.807, 2.05) is 19.9 Å². The number of pyridine rings is 1. The highest BCUT2D eigenvalue weighted by atomic mass is 32.2. The maximum absolute atomic E-state index is 13.2. The number of hydrogen-bond acceptors (Lipinski definition) is 7. The van der Waals surface area contributed by atoms with E-state index in [1.54, 1.807) is 16.4 Å². The molecule has 0 radical (unpaired) electrons. The molecule has 3 rings (SSSR count). The molecule has 0 N–H and O–H groups in total. The molecule has 2 aliphatic heterocycles. The SMILES string of the molecule is CCCN1C(=O)/C(=C\c2c(C)c(C#N)c(=O)n(CCC)c2N2CCN(C)CC2)SC1=S. The van der Waals surface area contributed by atoms with Crippen LogP contribution in [0.25, 0.3) is 6.08 Å². The normalized spacial score (nSPS) is 18.9. The van der Waals surface area contributed by atoms with Crippen LogP contribution in [-0.4, -0.2) is 64.4 Å². The number of aromatic nitrogens is 1. The van der Waals surface area contributed by atoms with Crippen LogP contribution in [0.3, 0.4) is 0 Å². The number of rotatable bonds is 6. The standard InChI is InChI=1S/C22H29N5O2S2/c1-5-7-26-19(25-11-9-24(4)10-12-25)16(15(3)17(14-23)20(26)28)13-18-21(29)27(8-6-2)22(30)31-18/h13H,5-12H2,1-4H3/b18-13+. The molecule has 0 aromatic carbocycles. The molecule has 0 unspecified atom stereocenters. The zero-order chi connectivity index (χ0) is 22.7. The Kier molecular flexibility index (Phi) is 7.57. The van der Waals surface area contributed by atoms with Crippen molar-refractivity contribution in [3.05, 3.63) is 31.9 Å². The van der Waals surface area contributed by atoms with Gasteiger partial charge in [-0.2, -0.15) is 5.26 Å². The maximum atomic E-state index is 13.2. The number of nitriles is 1. The molecule has 9 heteroatoms. The fourth-order valence-corrected chi connectivity index (χ4v) is 5.27. The number of amides is 1. The number of thioether (sulfide) groups is 1. The third kappa shape index (κ3) is 4.56. The lowest BCUT2D eigenvalue weighted by Crippen LogP contribution is -2.47. The summed E-state index contributed by atoms with van der Waals surface area (Å²) in [7, 11) is 2.08. The van der Waals surface area contributed by atoms with Gasteiger partial charge in [0.15, 0.2) is 0 Å². The molecule has 3 heterocycles. The summed E-state index contributed by atoms with van der Waals surface area (Å²) in [6.07, 6.45) is 3.43. The maximum Gasteiger partial charge on any atom is 0.270 e. The van der Waals surface area contributed by atoms with Crippen LogP contribution in [0, 0.1) is 18.3 Å². The second-order valence-electron chi connectivity index (χ2n) is 7.93. The van der Waals surface area contributed by atoms with Gasteiger partial charge in [-0.15, -0.1) is 0 Å². The number of likely N-dealkylation sites (N-methyl/N-ethyl adjacent to an activating group) is 1. The van der Waals surface area contributed by atoms with E-state index in [4.69, 9.17) is 12.2 Å². The van der Waals surface area contributed by atoms with Gasteiger partial charge in [0.05, 0.1) is 4.91 Å². The van der Waals surface area contributed by atoms with Gasteiger partial charge in [-0.05, 0) is 38.5 Å². The lowest BCUT2D eigenvalue weighted by atomic mass is 10.0. The molecule has 0 atom stereocenters. The third-order valence-corrected chi connectivity index (χ3v) is 7.07. The molecule has 2 saturated heterocycles. The molecule has 0 saturated carbocycles. The number of carbonyl (C=O) groups excluding carboxylic acids is 1. The van der Waals surface area contributed by atoms with Crippen molar-refractivity contribution in [3.63, 3.8) is 0 Å². The Morgan fingerprint density at radius 1 is 1.13 bits per heavy atom. The Labute approximate surface area is 193 Å². The molecule has 0 aliphatic carbocycles. The molecule has 7 nitrogen and oxygen atoms in total. The molecular weight excluding hydrogens is 430 g/mol. The van der Waals surface area contributed by atoms with Crippen LogP contribution < -0.4 is 10.5 Å². The Morgan fingerprint density at radius 3 is 2.35 bits per heavy atom. The Bertz CT molecular complexity index is 1020. The molecular formula is C22H29N5O2S2. The van der Waals surface area contributed by atoms with E-state index in [-0.39, 0.29) is 17.0 Å². The van der Waals surface area contributed by atoms with Gasteiger partial charge in [-0.25, -0.2) is 0 Å². The Morgan fingerprint density at radius 2 is 1.77 bits per heavy atom. The number of hydrogen-bond donors (Lipinski definition) is 0. The minimum atomic E-state index is -0.258. The lowest BCUT2D eigenvalue weighted by molar-refractivity contribution is -0.122. The number of thiocarbonyl (C=S) groups is 1. The van der Waals surface area contributed by atoms with Crippen LogP contribution in [0.5, 0.6) is 0 Å². The molecule has 0 bridgehead atoms. The van der Waals surface area contributed by atoms with Crippen molar-refractivity contribution >= 4 is 46.1 Å². The third-order valence-electron chi connectivity index (χ3n) is 5.69. The van der Waals surface area contributed by atoms with Gasteiger partial charge in [0.2, 0.25) is 0 Å². The number of anilines is 1. The largest absolute Gasteiger partial charge is 0.355 e. The van der Waals surface area contributed by atoms with E-state index >= 15 is 0 Å². The molecule has 2 aliphatic rings. The predicted octanol–water partition coefficient (Wildman–Crippen LogP) is 2.80. The van der Waals surface area contributed by atoms with Gasteiger partial charge < -0.3 is 9.80 Å². The summed E-state index contributed by atoms with van der Waals surface area (Å²) in [6.45, 7) is 10.3. The monoisotopic (exact) mass is 459 g/mol. The zero-order valence-electron chi connectivity index (χ0n) is 18.6. The first-order valence-corrected chi connectivity index (χ1v) is 11.9. The Balaban J connectivity index is 2.22. The second kappa shape index (κ2) is 9.98. The second-order valence-corrected chi connectivity index (χ2v) is 9.61. The molecule has 1 aromatic rings. The van der Waals surface area contributed by atoms with Gasteiger partial charge in [0.25, 0.3) is 11.5 Å². The average Bonchev–Trinajstić information content (AvgIpc) is 3.01. The quantitative estimate of drug-likeness (QED) is 0.478. The minimum absolute atomic E-state index is 0.104. The van der Waals surface area contributed by atoms with Gasteiger partial charge >= 0.3 is 0 Å². The van der Waals surface area contributed by atoms with Crippen molar-refractivity contribution in [1.82, 2.24) is 14.4 Å². The molecule has 1 aromatic heterocycles. The van der Waals surface area contributed by atoms with E-state index in [0.29, 0.717) is 27.9 Å². The van der Waals surface area contributed by atoms with Crippen LogP contribution in [0.1, 0.15) is 43.4 Å². The highest BCUT2D eigenvalue weighted by molar-refractivity contribution is 8.26. The first kappa shape index (κ1) is 23.5. The number of carbonyl (C=O) groups is 1. The lowest BCUT2D eigenvalue weighted by Gasteiger charge is -2.36. The first-order chi connectivity index (χ1) is 14.8. The summed E-state index contributed by atoms with van der Waals surface area (Å²) in [4.78, 5) is 32.8. The van der Waals surface area contributed by atoms with Crippen molar-refractivity contribution in [2.75, 3.05) is 44.7 Å². The average molecular weight is 460 g/mol. The summed E-state index contributed by atoms with van der Waals surface area (Å²) in [6, 6.07) is 2.10. The van der Waals surface area contributed by atoms with Crippen LogP contribution >= 0.6 is 24.0 Å². The van der Waals surface area contributed by atoms with E-state index in [2.05, 4.69) is 22.9 Å². The number of nitrogens with zero attached hydrogens (tertiary/aromatic N) is 5. The van der Waals surface area contributed by atoms with E-state index in [9.17, 15) is 14.9 Å². The molecule has 1 amide bonds. The van der Waals surface area contributed by atoms with E-state index < -0.39 is 0 Å². The molecule has 166 valence electrons. The molecule has 2 fully saturated rings. The predicted molar refractivity (Wildman–Crippen MR) is 130 cm³/mol. The highest BCUT2D eigenvalue weighted by Gasteiger charge is 2.33. The van der Waals surface area contributed by atoms with E-state index in [1.165, 1.54) is 11.8 Å². The summed E-state index contributed by atoms with van der Waals surface area (Å²) in [5, 5.41) is 9.71. The summed E-state index contributed by atoms with van der Waals surface area (Å²) in [5.41, 5.74) is 1.27. The van der Waals surface area contributed by atoms with Gasteiger partial charge in [-0.3, -0.25) is 19.1 Å². The zero-order valence-corrected chi connectivity index (χ0v) is 20.2. The van der Waals surface area contributed by atoms with Crippen LogP contribution in [0.2, 0.25) is 0 Å². The van der Waals surface area contributed by atoms with Crippen molar-refractivity contribution < 1.29 is 4.79 Å². The van der Waals surface area contributed by atoms with Gasteiger partial charge in [0.1, 0.15) is 21.8 Å². The van der Waals surface area contributed by atoms with Crippen molar-refractivity contribution in [2.24, 2.45) is 0 Å². The van der Waals surface area contributed by atoms with Crippen LogP contribution in [0.4, 0.5) is 5.82 Å². The molecule has 31 heavy (non-hydrogen) atoms. The van der Waals surface area contributed by atoms with Gasteiger partial charge in [0, 0.05) is 44.8 Å². The highest BCUT2D eigenvalue weighted by Crippen LogP contribution is 2.36. The smallest absolute Gasteiger partial charge is 0.270 e. The fourth-order valence-electron chi connectivity index (χ4n) is 3.98. The number of piperazine rings is 1. The first-order valence-electron chi connectivity index (χ1n) is 10.7. The topological polar surface area (TPSA) is 72.6 Å². The molecule has 0 spiro atoms. The van der Waals surface area contributed by atoms with Crippen molar-refractivity contribution in [1.29, 1.82) is 5.26 Å². The summed E-state index contributed by atoms with van der Waals surface area (Å²) in [5.74, 6) is 0.699. The minimum Gasteiger partial charge on any atom is -0.355 e. The summed E-state index contributed by atoms with van der Waals surface area (Å²) < 4.78 is 2.27. The van der Waals surface area contributed by atoms with E-state index in [0.717, 1.165) is 50.4 Å².